The van der Waals surface area contributed by atoms with Crippen LogP contribution in [-0.2, 0) is 4.74 Å². The zero-order chi connectivity index (χ0) is 16.9. The molecular weight excluding hydrogens is 304 g/mol. The van der Waals surface area contributed by atoms with Crippen molar-refractivity contribution in [2.24, 2.45) is 11.8 Å². The van der Waals surface area contributed by atoms with Gasteiger partial charge in [-0.05, 0) is 49.8 Å². The molecule has 24 heavy (non-hydrogen) atoms. The first-order valence-electron chi connectivity index (χ1n) is 9.00. The lowest BCUT2D eigenvalue weighted by molar-refractivity contribution is 0.0521. The van der Waals surface area contributed by atoms with Crippen LogP contribution in [0.5, 0.6) is 0 Å². The summed E-state index contributed by atoms with van der Waals surface area (Å²) in [5.41, 5.74) is 1.21. The quantitative estimate of drug-likeness (QED) is 0.914. The molecule has 1 aromatic carbocycles. The Hall–Kier alpha value is -2.04. The number of carbonyl (C=O) groups is 2. The SMILES string of the molecule is CCOC(=O)Nc1cccc(C(=O)N2CC[C@H]3CCCC[C@@H]3C2)c1. The average Bonchev–Trinajstić information content (AvgIpc) is 2.61. The normalized spacial score (nSPS) is 23.3. The van der Waals surface area contributed by atoms with Crippen LogP contribution in [-0.4, -0.2) is 36.6 Å². The van der Waals surface area contributed by atoms with Crippen LogP contribution in [0, 0.1) is 11.8 Å². The third-order valence-electron chi connectivity index (χ3n) is 5.21. The second-order valence-electron chi connectivity index (χ2n) is 6.77. The molecule has 0 spiro atoms. The zero-order valence-corrected chi connectivity index (χ0v) is 14.3. The van der Waals surface area contributed by atoms with Crippen molar-refractivity contribution in [2.75, 3.05) is 25.0 Å². The third kappa shape index (κ3) is 3.89. The van der Waals surface area contributed by atoms with E-state index in [0.29, 0.717) is 23.8 Å². The van der Waals surface area contributed by atoms with Crippen LogP contribution in [0.15, 0.2) is 24.3 Å². The Morgan fingerprint density at radius 3 is 2.79 bits per heavy atom. The fourth-order valence-corrected chi connectivity index (χ4v) is 3.98. The van der Waals surface area contributed by atoms with E-state index in [9.17, 15) is 9.59 Å². The van der Waals surface area contributed by atoms with E-state index >= 15 is 0 Å². The zero-order valence-electron chi connectivity index (χ0n) is 14.3. The standard InChI is InChI=1S/C19H26N2O3/c1-2-24-19(23)20-17-9-5-8-15(12-17)18(22)21-11-10-14-6-3-4-7-16(14)13-21/h5,8-9,12,14,16H,2-4,6-7,10-11,13H2,1H3,(H,20,23)/t14-,16-/m1/s1. The predicted octanol–water partition coefficient (Wildman–Crippen LogP) is 3.91. The lowest BCUT2D eigenvalue weighted by Crippen LogP contribution is -2.44. The van der Waals surface area contributed by atoms with Crippen LogP contribution >= 0.6 is 0 Å². The van der Waals surface area contributed by atoms with Gasteiger partial charge in [-0.2, -0.15) is 0 Å². The van der Waals surface area contributed by atoms with Gasteiger partial charge in [0, 0.05) is 24.3 Å². The number of rotatable bonds is 3. The van der Waals surface area contributed by atoms with Crippen molar-refractivity contribution >= 4 is 17.7 Å². The molecule has 0 radical (unpaired) electrons. The van der Waals surface area contributed by atoms with Crippen molar-refractivity contribution in [1.29, 1.82) is 0 Å². The Morgan fingerprint density at radius 2 is 2.00 bits per heavy atom. The number of carbonyl (C=O) groups excluding carboxylic acids is 2. The molecule has 2 aliphatic rings. The van der Waals surface area contributed by atoms with Crippen LogP contribution in [0.2, 0.25) is 0 Å². The fraction of sp³-hybridized carbons (Fsp3) is 0.579. The van der Waals surface area contributed by atoms with E-state index in [2.05, 4.69) is 5.32 Å². The van der Waals surface area contributed by atoms with Crippen LogP contribution in [0.1, 0.15) is 49.4 Å². The molecule has 0 bridgehead atoms. The molecule has 0 aromatic heterocycles. The van der Waals surface area contributed by atoms with E-state index in [1.165, 1.54) is 25.7 Å². The first kappa shape index (κ1) is 16.8. The average molecular weight is 330 g/mol. The maximum Gasteiger partial charge on any atom is 0.411 e. The fourth-order valence-electron chi connectivity index (χ4n) is 3.98. The van der Waals surface area contributed by atoms with Crippen molar-refractivity contribution in [2.45, 2.75) is 39.0 Å². The van der Waals surface area contributed by atoms with Crippen molar-refractivity contribution in [3.05, 3.63) is 29.8 Å². The second-order valence-corrected chi connectivity index (χ2v) is 6.77. The minimum absolute atomic E-state index is 0.0616. The minimum atomic E-state index is -0.495. The number of anilines is 1. The summed E-state index contributed by atoms with van der Waals surface area (Å²) in [6, 6.07) is 7.10. The van der Waals surface area contributed by atoms with Gasteiger partial charge in [0.2, 0.25) is 0 Å². The highest BCUT2D eigenvalue weighted by molar-refractivity contribution is 5.96. The molecule has 5 heteroatoms. The van der Waals surface area contributed by atoms with Gasteiger partial charge < -0.3 is 9.64 Å². The third-order valence-corrected chi connectivity index (χ3v) is 5.21. The molecule has 5 nitrogen and oxygen atoms in total. The molecular formula is C19H26N2O3. The summed E-state index contributed by atoms with van der Waals surface area (Å²) in [4.78, 5) is 26.3. The summed E-state index contributed by atoms with van der Waals surface area (Å²) in [6.45, 7) is 3.80. The molecule has 2 fully saturated rings. The van der Waals surface area contributed by atoms with E-state index in [-0.39, 0.29) is 5.91 Å². The molecule has 2 atom stereocenters. The number of benzene rings is 1. The number of piperidine rings is 1. The summed E-state index contributed by atoms with van der Waals surface area (Å²) >= 11 is 0. The Bertz CT molecular complexity index is 602. The first-order chi connectivity index (χ1) is 11.7. The number of hydrogen-bond acceptors (Lipinski definition) is 3. The summed E-state index contributed by atoms with van der Waals surface area (Å²) in [5, 5.41) is 2.65. The smallest absolute Gasteiger partial charge is 0.411 e. The Kier molecular flexibility index (Phi) is 5.38. The van der Waals surface area contributed by atoms with Gasteiger partial charge >= 0.3 is 6.09 Å². The van der Waals surface area contributed by atoms with Crippen LogP contribution in [0.4, 0.5) is 10.5 Å². The monoisotopic (exact) mass is 330 g/mol. The summed E-state index contributed by atoms with van der Waals surface area (Å²) in [5.74, 6) is 1.53. The van der Waals surface area contributed by atoms with Crippen molar-refractivity contribution < 1.29 is 14.3 Å². The van der Waals surface area contributed by atoms with Gasteiger partial charge in [0.25, 0.3) is 5.91 Å². The highest BCUT2D eigenvalue weighted by Crippen LogP contribution is 2.36. The van der Waals surface area contributed by atoms with E-state index in [1.54, 1.807) is 25.1 Å². The minimum Gasteiger partial charge on any atom is -0.450 e. The van der Waals surface area contributed by atoms with E-state index in [0.717, 1.165) is 25.4 Å². The molecule has 1 N–H and O–H groups in total. The molecule has 1 saturated heterocycles. The van der Waals surface area contributed by atoms with Crippen LogP contribution in [0.3, 0.4) is 0 Å². The van der Waals surface area contributed by atoms with Gasteiger partial charge in [-0.3, -0.25) is 10.1 Å². The van der Waals surface area contributed by atoms with Crippen LogP contribution < -0.4 is 5.32 Å². The number of nitrogens with one attached hydrogen (secondary N) is 1. The van der Waals surface area contributed by atoms with E-state index in [4.69, 9.17) is 4.74 Å². The number of amides is 2. The molecule has 1 saturated carbocycles. The van der Waals surface area contributed by atoms with Gasteiger partial charge in [-0.25, -0.2) is 4.79 Å². The summed E-state index contributed by atoms with van der Waals surface area (Å²) in [7, 11) is 0. The van der Waals surface area contributed by atoms with Gasteiger partial charge in [0.1, 0.15) is 0 Å². The van der Waals surface area contributed by atoms with E-state index in [1.807, 2.05) is 11.0 Å². The number of nitrogens with zero attached hydrogens (tertiary/aromatic N) is 1. The van der Waals surface area contributed by atoms with Crippen molar-refractivity contribution in [1.82, 2.24) is 4.90 Å². The molecule has 1 aliphatic heterocycles. The number of hydrogen-bond donors (Lipinski definition) is 1. The summed E-state index contributed by atoms with van der Waals surface area (Å²) in [6.07, 6.45) is 5.84. The second kappa shape index (κ2) is 7.69. The highest BCUT2D eigenvalue weighted by atomic mass is 16.5. The molecule has 130 valence electrons. The Morgan fingerprint density at radius 1 is 1.21 bits per heavy atom. The highest BCUT2D eigenvalue weighted by Gasteiger charge is 2.33. The van der Waals surface area contributed by atoms with Gasteiger partial charge in [-0.1, -0.05) is 25.3 Å². The molecule has 1 aromatic rings. The number of likely N-dealkylation sites (tertiary alicyclic amines) is 1. The molecule has 1 aliphatic carbocycles. The maximum atomic E-state index is 12.8. The number of ether oxygens (including phenoxy) is 1. The molecule has 2 amide bonds. The lowest BCUT2D eigenvalue weighted by Gasteiger charge is -2.41. The van der Waals surface area contributed by atoms with Crippen molar-refractivity contribution in [3.8, 4) is 0 Å². The summed E-state index contributed by atoms with van der Waals surface area (Å²) < 4.78 is 4.88. The van der Waals surface area contributed by atoms with Gasteiger partial charge in [0.15, 0.2) is 0 Å². The largest absolute Gasteiger partial charge is 0.450 e. The molecule has 3 rings (SSSR count). The van der Waals surface area contributed by atoms with Crippen molar-refractivity contribution in [3.63, 3.8) is 0 Å². The van der Waals surface area contributed by atoms with Gasteiger partial charge in [-0.15, -0.1) is 0 Å². The van der Waals surface area contributed by atoms with Crippen LogP contribution in [0.25, 0.3) is 0 Å². The maximum absolute atomic E-state index is 12.8. The predicted molar refractivity (Wildman–Crippen MR) is 93.1 cm³/mol. The molecule has 1 heterocycles. The Balaban J connectivity index is 1.65. The Labute approximate surface area is 143 Å². The molecule has 0 unspecified atom stereocenters. The number of fused-ring (bicyclic) bond motifs is 1. The van der Waals surface area contributed by atoms with Gasteiger partial charge in [0.05, 0.1) is 6.61 Å². The van der Waals surface area contributed by atoms with E-state index < -0.39 is 6.09 Å². The topological polar surface area (TPSA) is 58.6 Å². The first-order valence-corrected chi connectivity index (χ1v) is 9.00. The lowest BCUT2D eigenvalue weighted by atomic mass is 9.75.